The molecule has 1 heterocycles. The summed E-state index contributed by atoms with van der Waals surface area (Å²) in [4.78, 5) is 25.0. The highest BCUT2D eigenvalue weighted by Gasteiger charge is 2.11. The second-order valence-corrected chi connectivity index (χ2v) is 7.53. The van der Waals surface area contributed by atoms with Crippen LogP contribution in [0.25, 0.3) is 0 Å². The monoisotopic (exact) mass is 445 g/mol. The molecule has 2 aromatic carbocycles. The lowest BCUT2D eigenvalue weighted by molar-refractivity contribution is 0.0976. The van der Waals surface area contributed by atoms with E-state index >= 15 is 0 Å². The number of carbonyl (C=O) groups is 2. The van der Waals surface area contributed by atoms with Gasteiger partial charge in [-0.1, -0.05) is 17.7 Å². The van der Waals surface area contributed by atoms with Crippen LogP contribution in [-0.2, 0) is 0 Å². The zero-order valence-electron chi connectivity index (χ0n) is 15.2. The second-order valence-electron chi connectivity index (χ2n) is 5.77. The number of hydrogen-bond donors (Lipinski definition) is 3. The van der Waals surface area contributed by atoms with Crippen molar-refractivity contribution in [2.75, 3.05) is 17.7 Å². The van der Waals surface area contributed by atoms with E-state index in [9.17, 15) is 9.59 Å². The molecule has 2 amide bonds. The van der Waals surface area contributed by atoms with Crippen LogP contribution < -0.4 is 20.7 Å². The largest absolute Gasteiger partial charge is 0.495 e. The molecule has 0 atom stereocenters. The van der Waals surface area contributed by atoms with E-state index in [1.54, 1.807) is 42.5 Å². The average molecular weight is 446 g/mol. The van der Waals surface area contributed by atoms with E-state index in [-0.39, 0.29) is 11.0 Å². The van der Waals surface area contributed by atoms with Gasteiger partial charge in [0.25, 0.3) is 11.8 Å². The van der Waals surface area contributed by atoms with E-state index in [0.29, 0.717) is 32.6 Å². The number of hydrogen-bond acceptors (Lipinski definition) is 5. The number of amides is 2. The molecule has 6 nitrogen and oxygen atoms in total. The van der Waals surface area contributed by atoms with Crippen LogP contribution in [0.15, 0.2) is 60.0 Å². The fraction of sp³-hybridized carbons (Fsp3) is 0.0500. The highest BCUT2D eigenvalue weighted by atomic mass is 35.5. The van der Waals surface area contributed by atoms with Gasteiger partial charge in [-0.15, -0.1) is 11.3 Å². The third-order valence-corrected chi connectivity index (χ3v) is 5.15. The highest BCUT2D eigenvalue weighted by molar-refractivity contribution is 7.80. The number of benzene rings is 2. The Balaban J connectivity index is 1.55. The summed E-state index contributed by atoms with van der Waals surface area (Å²) in [5.74, 6) is -0.0799. The number of methoxy groups -OCH3 is 1. The van der Waals surface area contributed by atoms with Crippen molar-refractivity contribution in [1.82, 2.24) is 5.32 Å². The molecule has 0 spiro atoms. The van der Waals surface area contributed by atoms with Crippen LogP contribution in [0, 0.1) is 0 Å². The van der Waals surface area contributed by atoms with Crippen LogP contribution >= 0.6 is 35.2 Å². The van der Waals surface area contributed by atoms with Crippen LogP contribution in [-0.4, -0.2) is 24.0 Å². The van der Waals surface area contributed by atoms with Crippen molar-refractivity contribution >= 4 is 63.5 Å². The minimum Gasteiger partial charge on any atom is -0.495 e. The molecule has 0 saturated carbocycles. The molecule has 1 aromatic heterocycles. The number of ether oxygens (including phenoxy) is 1. The highest BCUT2D eigenvalue weighted by Crippen LogP contribution is 2.24. The van der Waals surface area contributed by atoms with Crippen molar-refractivity contribution in [3.8, 4) is 5.75 Å². The fourth-order valence-electron chi connectivity index (χ4n) is 2.38. The van der Waals surface area contributed by atoms with E-state index in [2.05, 4.69) is 16.0 Å². The summed E-state index contributed by atoms with van der Waals surface area (Å²) in [6, 6.07) is 15.2. The van der Waals surface area contributed by atoms with Crippen molar-refractivity contribution in [2.24, 2.45) is 0 Å². The van der Waals surface area contributed by atoms with Gasteiger partial charge in [0.05, 0.1) is 17.0 Å². The Hall–Kier alpha value is -2.94. The molecular weight excluding hydrogens is 430 g/mol. The maximum absolute atomic E-state index is 12.3. The van der Waals surface area contributed by atoms with Gasteiger partial charge in [-0.25, -0.2) is 0 Å². The van der Waals surface area contributed by atoms with Crippen molar-refractivity contribution in [3.05, 3.63) is 75.4 Å². The van der Waals surface area contributed by atoms with Gasteiger partial charge in [0, 0.05) is 16.9 Å². The first-order chi connectivity index (χ1) is 14.0. The van der Waals surface area contributed by atoms with Gasteiger partial charge < -0.3 is 15.4 Å². The molecule has 0 aliphatic heterocycles. The Morgan fingerprint density at radius 1 is 1.00 bits per heavy atom. The van der Waals surface area contributed by atoms with Crippen LogP contribution in [0.5, 0.6) is 5.75 Å². The zero-order valence-corrected chi connectivity index (χ0v) is 17.6. The quantitative estimate of drug-likeness (QED) is 0.492. The third-order valence-electron chi connectivity index (χ3n) is 3.79. The first-order valence-electron chi connectivity index (χ1n) is 8.37. The standard InChI is InChI=1S/C20H16ClN3O3S2/c1-27-16-9-4-12(11-15(16)21)18(25)24-20(28)23-14-7-5-13(6-8-14)22-19(26)17-3-2-10-29-17/h2-11H,1H3,(H,22,26)(H2,23,24,25,28). The van der Waals surface area contributed by atoms with Crippen molar-refractivity contribution in [3.63, 3.8) is 0 Å². The minimum absolute atomic E-state index is 0.136. The summed E-state index contributed by atoms with van der Waals surface area (Å²) in [7, 11) is 1.50. The van der Waals surface area contributed by atoms with E-state index in [1.165, 1.54) is 24.5 Å². The van der Waals surface area contributed by atoms with Gasteiger partial charge in [0.1, 0.15) is 5.75 Å². The SMILES string of the molecule is COc1ccc(C(=O)NC(=S)Nc2ccc(NC(=O)c3cccs3)cc2)cc1Cl. The predicted molar refractivity (Wildman–Crippen MR) is 120 cm³/mol. The van der Waals surface area contributed by atoms with Crippen molar-refractivity contribution in [2.45, 2.75) is 0 Å². The lowest BCUT2D eigenvalue weighted by Crippen LogP contribution is -2.34. The van der Waals surface area contributed by atoms with E-state index < -0.39 is 5.91 Å². The molecular formula is C20H16ClN3O3S2. The fourth-order valence-corrected chi connectivity index (χ4v) is 3.47. The average Bonchev–Trinajstić information content (AvgIpc) is 3.24. The first kappa shape index (κ1) is 20.8. The molecule has 0 saturated heterocycles. The van der Waals surface area contributed by atoms with Crippen molar-refractivity contribution < 1.29 is 14.3 Å². The summed E-state index contributed by atoms with van der Waals surface area (Å²) >= 11 is 12.6. The number of halogens is 1. The van der Waals surface area contributed by atoms with Gasteiger partial charge in [-0.05, 0) is 66.1 Å². The Morgan fingerprint density at radius 3 is 2.28 bits per heavy atom. The molecule has 0 aliphatic rings. The smallest absolute Gasteiger partial charge is 0.265 e. The molecule has 0 unspecified atom stereocenters. The summed E-state index contributed by atoms with van der Waals surface area (Å²) < 4.78 is 5.07. The van der Waals surface area contributed by atoms with Crippen LogP contribution in [0.3, 0.4) is 0 Å². The topological polar surface area (TPSA) is 79.5 Å². The molecule has 148 valence electrons. The number of thiophene rings is 1. The van der Waals surface area contributed by atoms with Gasteiger partial charge in [-0.3, -0.25) is 14.9 Å². The predicted octanol–water partition coefficient (Wildman–Crippen LogP) is 4.79. The normalized spacial score (nSPS) is 10.1. The molecule has 0 bridgehead atoms. The molecule has 3 N–H and O–H groups in total. The minimum atomic E-state index is -0.396. The molecule has 0 radical (unpaired) electrons. The van der Waals surface area contributed by atoms with Gasteiger partial charge in [0.15, 0.2) is 5.11 Å². The van der Waals surface area contributed by atoms with Crippen LogP contribution in [0.4, 0.5) is 11.4 Å². The van der Waals surface area contributed by atoms with Crippen molar-refractivity contribution in [1.29, 1.82) is 0 Å². The molecule has 9 heteroatoms. The van der Waals surface area contributed by atoms with Gasteiger partial charge in [0.2, 0.25) is 0 Å². The van der Waals surface area contributed by atoms with E-state index in [4.69, 9.17) is 28.6 Å². The molecule has 0 fully saturated rings. The molecule has 0 aliphatic carbocycles. The third kappa shape index (κ3) is 5.54. The Kier molecular flexibility index (Phi) is 6.82. The molecule has 3 rings (SSSR count). The summed E-state index contributed by atoms with van der Waals surface area (Å²) in [5, 5.41) is 10.6. The van der Waals surface area contributed by atoms with Gasteiger partial charge in [-0.2, -0.15) is 0 Å². The number of thiocarbonyl (C=S) groups is 1. The first-order valence-corrected chi connectivity index (χ1v) is 10.0. The van der Waals surface area contributed by atoms with E-state index in [0.717, 1.165) is 0 Å². The maximum Gasteiger partial charge on any atom is 0.265 e. The van der Waals surface area contributed by atoms with Gasteiger partial charge >= 0.3 is 0 Å². The lowest BCUT2D eigenvalue weighted by Gasteiger charge is -2.11. The van der Waals surface area contributed by atoms with E-state index in [1.807, 2.05) is 11.4 Å². The Morgan fingerprint density at radius 2 is 1.69 bits per heavy atom. The van der Waals surface area contributed by atoms with Crippen LogP contribution in [0.1, 0.15) is 20.0 Å². The number of anilines is 2. The Bertz CT molecular complexity index is 1040. The summed E-state index contributed by atoms with van der Waals surface area (Å²) in [5.41, 5.74) is 1.67. The lowest BCUT2D eigenvalue weighted by atomic mass is 10.2. The maximum atomic E-state index is 12.3. The van der Waals surface area contributed by atoms with Crippen LogP contribution in [0.2, 0.25) is 5.02 Å². The Labute approximate surface area is 181 Å². The number of rotatable bonds is 5. The summed E-state index contributed by atoms with van der Waals surface area (Å²) in [6.07, 6.45) is 0. The zero-order chi connectivity index (χ0) is 20.8. The molecule has 29 heavy (non-hydrogen) atoms. The number of nitrogens with one attached hydrogen (secondary N) is 3. The molecule has 3 aromatic rings. The summed E-state index contributed by atoms with van der Waals surface area (Å²) in [6.45, 7) is 0. The number of carbonyl (C=O) groups excluding carboxylic acids is 2. The second kappa shape index (κ2) is 9.51.